The van der Waals surface area contributed by atoms with Gasteiger partial charge in [0.05, 0.1) is 16.3 Å². The lowest BCUT2D eigenvalue weighted by molar-refractivity contribution is -0.384. The third kappa shape index (κ3) is 3.82. The van der Waals surface area contributed by atoms with Crippen molar-refractivity contribution in [3.8, 4) is 0 Å². The molecule has 10 nitrogen and oxygen atoms in total. The minimum atomic E-state index is -1.31. The van der Waals surface area contributed by atoms with E-state index in [2.05, 4.69) is 21.3 Å². The second-order valence-electron chi connectivity index (χ2n) is 5.64. The van der Waals surface area contributed by atoms with Crippen LogP contribution >= 0.6 is 0 Å². The Labute approximate surface area is 148 Å². The molecule has 0 aromatic heterocycles. The first-order valence-electron chi connectivity index (χ1n) is 7.74. The molecule has 10 heteroatoms. The summed E-state index contributed by atoms with van der Waals surface area (Å²) in [6.07, 6.45) is -2.60. The summed E-state index contributed by atoms with van der Waals surface area (Å²) >= 11 is 0. The van der Waals surface area contributed by atoms with Crippen LogP contribution in [0.15, 0.2) is 42.5 Å². The van der Waals surface area contributed by atoms with Gasteiger partial charge in [-0.1, -0.05) is 18.2 Å². The second kappa shape index (κ2) is 7.25. The number of fused-ring (bicyclic) bond motifs is 1. The Morgan fingerprint density at radius 3 is 2.54 bits per heavy atom. The topological polar surface area (TPSA) is 149 Å². The molecule has 0 radical (unpaired) electrons. The average Bonchev–Trinajstić information content (AvgIpc) is 2.61. The SMILES string of the molecule is O=C(NCc1cc([N+](=O)[O-])cc2c1NC(O)C(O)N2)Nc1ccccc1. The number of amides is 2. The second-order valence-corrected chi connectivity index (χ2v) is 5.64. The molecule has 0 fully saturated rings. The summed E-state index contributed by atoms with van der Waals surface area (Å²) in [4.78, 5) is 22.5. The molecule has 2 aromatic rings. The first kappa shape index (κ1) is 17.5. The monoisotopic (exact) mass is 359 g/mol. The van der Waals surface area contributed by atoms with Crippen LogP contribution in [0.1, 0.15) is 5.56 Å². The number of nitro groups is 1. The predicted molar refractivity (Wildman–Crippen MR) is 94.7 cm³/mol. The van der Waals surface area contributed by atoms with Crippen molar-refractivity contribution in [2.24, 2.45) is 0 Å². The van der Waals surface area contributed by atoms with Gasteiger partial charge < -0.3 is 31.5 Å². The number of carbonyl (C=O) groups is 1. The molecule has 1 aliphatic rings. The van der Waals surface area contributed by atoms with E-state index in [0.717, 1.165) is 0 Å². The summed E-state index contributed by atoms with van der Waals surface area (Å²) in [5.74, 6) is 0. The van der Waals surface area contributed by atoms with Gasteiger partial charge in [0.1, 0.15) is 0 Å². The number of nitro benzene ring substituents is 1. The molecular formula is C16H17N5O5. The number of benzene rings is 2. The standard InChI is InChI=1S/C16H17N5O5/c22-14-15(23)20-13-9(6-11(21(25)26)7-12(13)19-14)8-17-16(24)18-10-4-2-1-3-5-10/h1-7,14-15,19-20,22-23H,8H2,(H2,17,18,24). The Kier molecular flexibility index (Phi) is 4.87. The van der Waals surface area contributed by atoms with Crippen LogP contribution in [0.3, 0.4) is 0 Å². The Hall–Kier alpha value is -3.37. The van der Waals surface area contributed by atoms with Gasteiger partial charge in [-0.25, -0.2) is 4.79 Å². The van der Waals surface area contributed by atoms with Crippen molar-refractivity contribution in [2.45, 2.75) is 19.0 Å². The van der Waals surface area contributed by atoms with E-state index in [1.165, 1.54) is 12.1 Å². The Morgan fingerprint density at radius 1 is 1.15 bits per heavy atom. The summed E-state index contributed by atoms with van der Waals surface area (Å²) in [6, 6.07) is 10.9. The van der Waals surface area contributed by atoms with Gasteiger partial charge in [0.15, 0.2) is 12.5 Å². The Morgan fingerprint density at radius 2 is 1.85 bits per heavy atom. The number of anilines is 3. The lowest BCUT2D eigenvalue weighted by atomic mass is 10.1. The summed E-state index contributed by atoms with van der Waals surface area (Å²) in [7, 11) is 0. The summed E-state index contributed by atoms with van der Waals surface area (Å²) in [5.41, 5.74) is 1.41. The van der Waals surface area contributed by atoms with Gasteiger partial charge in [0, 0.05) is 29.9 Å². The molecule has 0 bridgehead atoms. The highest BCUT2D eigenvalue weighted by atomic mass is 16.6. The van der Waals surface area contributed by atoms with Gasteiger partial charge in [0.25, 0.3) is 5.69 Å². The maximum Gasteiger partial charge on any atom is 0.319 e. The van der Waals surface area contributed by atoms with Crippen LogP contribution in [-0.4, -0.2) is 33.6 Å². The fraction of sp³-hybridized carbons (Fsp3) is 0.188. The number of rotatable bonds is 4. The molecule has 2 amide bonds. The molecule has 0 aliphatic carbocycles. The molecule has 1 aliphatic heterocycles. The lowest BCUT2D eigenvalue weighted by Crippen LogP contribution is -2.43. The molecule has 0 spiro atoms. The molecule has 1 heterocycles. The first-order valence-corrected chi connectivity index (χ1v) is 7.74. The number of hydrogen-bond donors (Lipinski definition) is 6. The molecule has 0 saturated carbocycles. The highest BCUT2D eigenvalue weighted by Crippen LogP contribution is 2.35. The number of nitrogens with zero attached hydrogens (tertiary/aromatic N) is 1. The van der Waals surface area contributed by atoms with Crippen molar-refractivity contribution in [1.82, 2.24) is 5.32 Å². The van der Waals surface area contributed by atoms with E-state index in [4.69, 9.17) is 0 Å². The maximum absolute atomic E-state index is 12.0. The Balaban J connectivity index is 1.78. The smallest absolute Gasteiger partial charge is 0.319 e. The van der Waals surface area contributed by atoms with E-state index in [-0.39, 0.29) is 17.9 Å². The average molecular weight is 359 g/mol. The fourth-order valence-electron chi connectivity index (χ4n) is 2.55. The summed E-state index contributed by atoms with van der Waals surface area (Å²) in [6.45, 7) is -0.0276. The number of aliphatic hydroxyl groups is 2. The van der Waals surface area contributed by atoms with Crippen molar-refractivity contribution in [3.63, 3.8) is 0 Å². The molecular weight excluding hydrogens is 342 g/mol. The fourth-order valence-corrected chi connectivity index (χ4v) is 2.55. The van der Waals surface area contributed by atoms with Gasteiger partial charge in [-0.3, -0.25) is 10.1 Å². The third-order valence-electron chi connectivity index (χ3n) is 3.78. The highest BCUT2D eigenvalue weighted by molar-refractivity contribution is 5.89. The number of nitrogens with one attached hydrogen (secondary N) is 4. The molecule has 2 atom stereocenters. The molecule has 3 rings (SSSR count). The van der Waals surface area contributed by atoms with Crippen LogP contribution in [-0.2, 0) is 6.54 Å². The zero-order chi connectivity index (χ0) is 18.7. The van der Waals surface area contributed by atoms with Crippen molar-refractivity contribution in [3.05, 3.63) is 58.1 Å². The minimum absolute atomic E-state index is 0.0276. The first-order chi connectivity index (χ1) is 12.4. The third-order valence-corrected chi connectivity index (χ3v) is 3.78. The van der Waals surface area contributed by atoms with Crippen molar-refractivity contribution in [1.29, 1.82) is 0 Å². The number of carbonyl (C=O) groups excluding carboxylic acids is 1. The van der Waals surface area contributed by atoms with Crippen LogP contribution < -0.4 is 21.3 Å². The van der Waals surface area contributed by atoms with Crippen LogP contribution in [0.5, 0.6) is 0 Å². The van der Waals surface area contributed by atoms with Crippen molar-refractivity contribution < 1.29 is 19.9 Å². The van der Waals surface area contributed by atoms with Crippen molar-refractivity contribution in [2.75, 3.05) is 16.0 Å². The highest BCUT2D eigenvalue weighted by Gasteiger charge is 2.28. The summed E-state index contributed by atoms with van der Waals surface area (Å²) < 4.78 is 0. The van der Waals surface area contributed by atoms with Gasteiger partial charge in [-0.05, 0) is 12.1 Å². The van der Waals surface area contributed by atoms with Gasteiger partial charge >= 0.3 is 6.03 Å². The molecule has 2 unspecified atom stereocenters. The molecule has 0 saturated heterocycles. The van der Waals surface area contributed by atoms with Crippen molar-refractivity contribution >= 4 is 28.8 Å². The number of aliphatic hydroxyl groups excluding tert-OH is 2. The van der Waals surface area contributed by atoms with Crippen LogP contribution in [0.4, 0.5) is 27.5 Å². The number of urea groups is 1. The van der Waals surface area contributed by atoms with Gasteiger partial charge in [-0.15, -0.1) is 0 Å². The molecule has 6 N–H and O–H groups in total. The number of para-hydroxylation sites is 1. The minimum Gasteiger partial charge on any atom is -0.369 e. The normalized spacial score (nSPS) is 18.1. The van der Waals surface area contributed by atoms with E-state index in [1.807, 2.05) is 6.07 Å². The Bertz CT molecular complexity index is 829. The van der Waals surface area contributed by atoms with Gasteiger partial charge in [0.2, 0.25) is 0 Å². The predicted octanol–water partition coefficient (Wildman–Crippen LogP) is 1.39. The van der Waals surface area contributed by atoms with Crippen LogP contribution in [0, 0.1) is 10.1 Å². The maximum atomic E-state index is 12.0. The lowest BCUT2D eigenvalue weighted by Gasteiger charge is -2.31. The largest absolute Gasteiger partial charge is 0.369 e. The molecule has 26 heavy (non-hydrogen) atoms. The van der Waals surface area contributed by atoms with E-state index >= 15 is 0 Å². The van der Waals surface area contributed by atoms with Crippen LogP contribution in [0.2, 0.25) is 0 Å². The zero-order valence-electron chi connectivity index (χ0n) is 13.5. The quantitative estimate of drug-likeness (QED) is 0.357. The van der Waals surface area contributed by atoms with Gasteiger partial charge in [-0.2, -0.15) is 0 Å². The molecule has 136 valence electrons. The van der Waals surface area contributed by atoms with Crippen LogP contribution in [0.25, 0.3) is 0 Å². The number of hydrogen-bond acceptors (Lipinski definition) is 7. The van der Waals surface area contributed by atoms with E-state index in [9.17, 15) is 25.1 Å². The zero-order valence-corrected chi connectivity index (χ0v) is 13.5. The number of non-ortho nitro benzene ring substituents is 1. The molecule has 2 aromatic carbocycles. The van der Waals surface area contributed by atoms with E-state index < -0.39 is 23.4 Å². The summed E-state index contributed by atoms with van der Waals surface area (Å²) in [5, 5.41) is 41.0. The van der Waals surface area contributed by atoms with E-state index in [0.29, 0.717) is 16.9 Å². The van der Waals surface area contributed by atoms with E-state index in [1.54, 1.807) is 24.3 Å².